The van der Waals surface area contributed by atoms with Gasteiger partial charge < -0.3 is 14.4 Å². The molecule has 2 atom stereocenters. The second kappa shape index (κ2) is 5.94. The predicted molar refractivity (Wildman–Crippen MR) is 69.3 cm³/mol. The molecule has 0 amide bonds. The van der Waals surface area contributed by atoms with E-state index in [0.29, 0.717) is 25.5 Å². The van der Waals surface area contributed by atoms with E-state index in [1.807, 2.05) is 11.8 Å². The van der Waals surface area contributed by atoms with Gasteiger partial charge >= 0.3 is 5.69 Å². The molecule has 104 valence electrons. The zero-order valence-corrected chi connectivity index (χ0v) is 11.0. The second-order valence-electron chi connectivity index (χ2n) is 4.53. The molecule has 1 aliphatic rings. The number of hydrogen-bond acceptors (Lipinski definition) is 6. The number of pyridine rings is 1. The molecule has 0 spiro atoms. The lowest BCUT2D eigenvalue weighted by Gasteiger charge is -2.36. The molecule has 1 aromatic heterocycles. The molecule has 7 nitrogen and oxygen atoms in total. The Balaban J connectivity index is 2.23. The zero-order chi connectivity index (χ0) is 13.8. The van der Waals surface area contributed by atoms with Gasteiger partial charge in [0.25, 0.3) is 0 Å². The molecular formula is C12H17N3O4. The molecule has 2 unspecified atom stereocenters. The Labute approximate surface area is 111 Å². The Morgan fingerprint density at radius 2 is 2.42 bits per heavy atom. The molecule has 19 heavy (non-hydrogen) atoms. The first-order valence-corrected chi connectivity index (χ1v) is 6.10. The monoisotopic (exact) mass is 267 g/mol. The van der Waals surface area contributed by atoms with Crippen LogP contribution in [0.2, 0.25) is 0 Å². The van der Waals surface area contributed by atoms with Crippen molar-refractivity contribution >= 4 is 11.5 Å². The normalized spacial score (nSPS) is 23.4. The molecule has 2 heterocycles. The van der Waals surface area contributed by atoms with Gasteiger partial charge in [0.1, 0.15) is 0 Å². The summed E-state index contributed by atoms with van der Waals surface area (Å²) in [5, 5.41) is 11.0. The summed E-state index contributed by atoms with van der Waals surface area (Å²) in [5.74, 6) is 0.392. The number of anilines is 1. The van der Waals surface area contributed by atoms with Gasteiger partial charge in [-0.1, -0.05) is 0 Å². The number of nitro groups is 1. The summed E-state index contributed by atoms with van der Waals surface area (Å²) in [4.78, 5) is 16.7. The van der Waals surface area contributed by atoms with Gasteiger partial charge in [-0.25, -0.2) is 4.98 Å². The summed E-state index contributed by atoms with van der Waals surface area (Å²) in [6.07, 6.45) is 1.44. The molecule has 1 saturated heterocycles. The molecule has 1 fully saturated rings. The smallest absolute Gasteiger partial charge is 0.311 e. The van der Waals surface area contributed by atoms with E-state index in [1.54, 1.807) is 19.4 Å². The lowest BCUT2D eigenvalue weighted by atomic mass is 10.2. The maximum Gasteiger partial charge on any atom is 0.311 e. The van der Waals surface area contributed by atoms with Gasteiger partial charge in [-0.3, -0.25) is 10.1 Å². The number of nitrogens with zero attached hydrogens (tertiary/aromatic N) is 3. The number of rotatable bonds is 4. The molecule has 0 aliphatic carbocycles. The maximum atomic E-state index is 11.0. The SMILES string of the molecule is COCC1CN(c2ncccc2[N+](=O)[O-])CC(C)O1. The summed E-state index contributed by atoms with van der Waals surface area (Å²) >= 11 is 0. The number of hydrogen-bond donors (Lipinski definition) is 0. The standard InChI is InChI=1S/C12H17N3O4/c1-9-6-14(7-10(19-9)8-18-2)12-11(15(16)17)4-3-5-13-12/h3-5,9-10H,6-8H2,1-2H3. The van der Waals surface area contributed by atoms with Crippen LogP contribution >= 0.6 is 0 Å². The van der Waals surface area contributed by atoms with Crippen molar-refractivity contribution in [2.45, 2.75) is 19.1 Å². The molecule has 0 saturated carbocycles. The van der Waals surface area contributed by atoms with Crippen molar-refractivity contribution in [3.63, 3.8) is 0 Å². The van der Waals surface area contributed by atoms with Crippen LogP contribution in [0.5, 0.6) is 0 Å². The van der Waals surface area contributed by atoms with E-state index in [1.165, 1.54) is 6.07 Å². The molecule has 0 radical (unpaired) electrons. The molecule has 0 aromatic carbocycles. The summed E-state index contributed by atoms with van der Waals surface area (Å²) in [6.45, 7) is 3.51. The number of aromatic nitrogens is 1. The van der Waals surface area contributed by atoms with Gasteiger partial charge in [0.2, 0.25) is 5.82 Å². The first-order chi connectivity index (χ1) is 9.11. The van der Waals surface area contributed by atoms with Gasteiger partial charge in [0, 0.05) is 32.5 Å². The Bertz CT molecular complexity index is 454. The van der Waals surface area contributed by atoms with Crippen LogP contribution in [0.25, 0.3) is 0 Å². The third-order valence-electron chi connectivity index (χ3n) is 2.94. The van der Waals surface area contributed by atoms with Gasteiger partial charge in [-0.2, -0.15) is 0 Å². The number of morpholine rings is 1. The van der Waals surface area contributed by atoms with E-state index < -0.39 is 4.92 Å². The van der Waals surface area contributed by atoms with Crippen molar-refractivity contribution in [2.75, 3.05) is 31.7 Å². The summed E-state index contributed by atoms with van der Waals surface area (Å²) in [7, 11) is 1.61. The van der Waals surface area contributed by atoms with Crippen molar-refractivity contribution in [3.8, 4) is 0 Å². The topological polar surface area (TPSA) is 77.7 Å². The van der Waals surface area contributed by atoms with Crippen LogP contribution in [0.4, 0.5) is 11.5 Å². The van der Waals surface area contributed by atoms with Crippen LogP contribution in [-0.4, -0.2) is 48.9 Å². The minimum Gasteiger partial charge on any atom is -0.382 e. The summed E-state index contributed by atoms with van der Waals surface area (Å²) in [5.41, 5.74) is 0.0211. The van der Waals surface area contributed by atoms with E-state index in [2.05, 4.69) is 4.98 Å². The lowest BCUT2D eigenvalue weighted by Crippen LogP contribution is -2.48. The van der Waals surface area contributed by atoms with Gasteiger partial charge in [-0.05, 0) is 13.0 Å². The number of methoxy groups -OCH3 is 1. The fourth-order valence-corrected chi connectivity index (χ4v) is 2.27. The third kappa shape index (κ3) is 3.18. The van der Waals surface area contributed by atoms with Gasteiger partial charge in [0.05, 0.1) is 23.7 Å². The van der Waals surface area contributed by atoms with Gasteiger partial charge in [0.15, 0.2) is 0 Å². The van der Waals surface area contributed by atoms with Crippen molar-refractivity contribution < 1.29 is 14.4 Å². The Morgan fingerprint density at radius 1 is 1.63 bits per heavy atom. The van der Waals surface area contributed by atoms with Crippen LogP contribution in [0.3, 0.4) is 0 Å². The predicted octanol–water partition coefficient (Wildman–Crippen LogP) is 1.23. The van der Waals surface area contributed by atoms with Crippen molar-refractivity contribution in [1.29, 1.82) is 0 Å². The molecule has 0 N–H and O–H groups in total. The van der Waals surface area contributed by atoms with Crippen LogP contribution in [0.1, 0.15) is 6.92 Å². The van der Waals surface area contributed by atoms with E-state index in [4.69, 9.17) is 9.47 Å². The van der Waals surface area contributed by atoms with Gasteiger partial charge in [-0.15, -0.1) is 0 Å². The average Bonchev–Trinajstić information content (AvgIpc) is 2.38. The van der Waals surface area contributed by atoms with Crippen molar-refractivity contribution in [1.82, 2.24) is 4.98 Å². The average molecular weight is 267 g/mol. The largest absolute Gasteiger partial charge is 0.382 e. The minimum absolute atomic E-state index is 0.0180. The molecular weight excluding hydrogens is 250 g/mol. The van der Waals surface area contributed by atoms with Crippen molar-refractivity contribution in [2.24, 2.45) is 0 Å². The van der Waals surface area contributed by atoms with E-state index >= 15 is 0 Å². The first-order valence-electron chi connectivity index (χ1n) is 6.10. The van der Waals surface area contributed by atoms with Crippen LogP contribution < -0.4 is 4.90 Å². The highest BCUT2D eigenvalue weighted by Crippen LogP contribution is 2.27. The van der Waals surface area contributed by atoms with E-state index in [0.717, 1.165) is 0 Å². The van der Waals surface area contributed by atoms with Crippen molar-refractivity contribution in [3.05, 3.63) is 28.4 Å². The quantitative estimate of drug-likeness (QED) is 0.603. The maximum absolute atomic E-state index is 11.0. The molecule has 2 rings (SSSR count). The molecule has 0 bridgehead atoms. The minimum atomic E-state index is -0.409. The highest BCUT2D eigenvalue weighted by molar-refractivity contribution is 5.57. The Hall–Kier alpha value is -1.73. The second-order valence-corrected chi connectivity index (χ2v) is 4.53. The van der Waals surface area contributed by atoms with Crippen LogP contribution in [0.15, 0.2) is 18.3 Å². The first kappa shape index (κ1) is 13.7. The van der Waals surface area contributed by atoms with E-state index in [9.17, 15) is 10.1 Å². The number of ether oxygens (including phenoxy) is 2. The lowest BCUT2D eigenvalue weighted by molar-refractivity contribution is -0.384. The highest BCUT2D eigenvalue weighted by atomic mass is 16.6. The highest BCUT2D eigenvalue weighted by Gasteiger charge is 2.30. The molecule has 7 heteroatoms. The summed E-state index contributed by atoms with van der Waals surface area (Å²) < 4.78 is 10.8. The molecule has 1 aromatic rings. The zero-order valence-electron chi connectivity index (χ0n) is 11.0. The van der Waals surface area contributed by atoms with E-state index in [-0.39, 0.29) is 17.9 Å². The Kier molecular flexibility index (Phi) is 4.28. The summed E-state index contributed by atoms with van der Waals surface area (Å²) in [6, 6.07) is 3.03. The fraction of sp³-hybridized carbons (Fsp3) is 0.583. The fourth-order valence-electron chi connectivity index (χ4n) is 2.27. The molecule has 1 aliphatic heterocycles. The van der Waals surface area contributed by atoms with Crippen LogP contribution in [0, 0.1) is 10.1 Å². The van der Waals surface area contributed by atoms with Crippen LogP contribution in [-0.2, 0) is 9.47 Å². The Morgan fingerprint density at radius 3 is 3.11 bits per heavy atom. The third-order valence-corrected chi connectivity index (χ3v) is 2.94.